The molecule has 112 valence electrons. The summed E-state index contributed by atoms with van der Waals surface area (Å²) in [5.41, 5.74) is 2.83. The predicted octanol–water partition coefficient (Wildman–Crippen LogP) is 1.68. The van der Waals surface area contributed by atoms with Gasteiger partial charge >= 0.3 is 5.97 Å². The number of ether oxygens (including phenoxy) is 1. The fourth-order valence-corrected chi connectivity index (χ4v) is 2.92. The molecule has 2 aromatic rings. The van der Waals surface area contributed by atoms with Gasteiger partial charge in [0.15, 0.2) is 5.65 Å². The zero-order valence-electron chi connectivity index (χ0n) is 12.4. The lowest BCUT2D eigenvalue weighted by Gasteiger charge is -2.23. The van der Waals surface area contributed by atoms with Crippen LogP contribution in [0.15, 0.2) is 12.3 Å². The minimum atomic E-state index is -0.351. The van der Waals surface area contributed by atoms with Gasteiger partial charge in [0.25, 0.3) is 0 Å². The summed E-state index contributed by atoms with van der Waals surface area (Å²) in [5, 5.41) is 7.93. The first kappa shape index (κ1) is 14.0. The zero-order chi connectivity index (χ0) is 14.8. The third kappa shape index (κ3) is 2.51. The number of hydrogen-bond donors (Lipinski definition) is 1. The summed E-state index contributed by atoms with van der Waals surface area (Å²) in [6.45, 7) is 5.97. The van der Waals surface area contributed by atoms with Crippen LogP contribution in [0.4, 0.5) is 0 Å². The highest BCUT2D eigenvalue weighted by atomic mass is 16.5. The fourth-order valence-electron chi connectivity index (χ4n) is 2.92. The molecule has 0 aliphatic carbocycles. The van der Waals surface area contributed by atoms with Gasteiger partial charge in [0, 0.05) is 18.7 Å². The SMILES string of the molecule is CCOC(=O)c1c(C)nn2c(C3CCCNC3)ccnc12. The molecule has 1 aliphatic rings. The van der Waals surface area contributed by atoms with Crippen LogP contribution in [0.5, 0.6) is 0 Å². The average Bonchev–Trinajstić information content (AvgIpc) is 2.84. The highest BCUT2D eigenvalue weighted by molar-refractivity contribution is 5.97. The van der Waals surface area contributed by atoms with Crippen LogP contribution in [0.1, 0.15) is 47.4 Å². The van der Waals surface area contributed by atoms with Gasteiger partial charge < -0.3 is 10.1 Å². The number of esters is 1. The Morgan fingerprint density at radius 3 is 3.14 bits per heavy atom. The zero-order valence-corrected chi connectivity index (χ0v) is 12.4. The van der Waals surface area contributed by atoms with Gasteiger partial charge in [-0.2, -0.15) is 5.10 Å². The number of carbonyl (C=O) groups is 1. The van der Waals surface area contributed by atoms with Crippen molar-refractivity contribution >= 4 is 11.6 Å². The first-order chi connectivity index (χ1) is 10.2. The molecule has 1 fully saturated rings. The predicted molar refractivity (Wildman–Crippen MR) is 78.5 cm³/mol. The van der Waals surface area contributed by atoms with Crippen molar-refractivity contribution < 1.29 is 9.53 Å². The van der Waals surface area contributed by atoms with Gasteiger partial charge in [-0.3, -0.25) is 0 Å². The Kier molecular flexibility index (Phi) is 3.88. The molecule has 0 aromatic carbocycles. The van der Waals surface area contributed by atoms with Crippen molar-refractivity contribution in [1.82, 2.24) is 19.9 Å². The van der Waals surface area contributed by atoms with Crippen molar-refractivity contribution in [2.75, 3.05) is 19.7 Å². The summed E-state index contributed by atoms with van der Waals surface area (Å²) >= 11 is 0. The number of hydrogen-bond acceptors (Lipinski definition) is 5. The molecule has 1 aliphatic heterocycles. The summed E-state index contributed by atoms with van der Waals surface area (Å²) in [6, 6.07) is 1.99. The van der Waals surface area contributed by atoms with Crippen molar-refractivity contribution in [1.29, 1.82) is 0 Å². The fraction of sp³-hybridized carbons (Fsp3) is 0.533. The van der Waals surface area contributed by atoms with Crippen molar-refractivity contribution in [2.45, 2.75) is 32.6 Å². The van der Waals surface area contributed by atoms with E-state index >= 15 is 0 Å². The maximum absolute atomic E-state index is 12.1. The maximum Gasteiger partial charge on any atom is 0.343 e. The molecule has 0 spiro atoms. The average molecular weight is 288 g/mol. The molecule has 0 amide bonds. The van der Waals surface area contributed by atoms with Crippen LogP contribution in [0.3, 0.4) is 0 Å². The Hall–Kier alpha value is -1.95. The molecular formula is C15H20N4O2. The molecule has 0 radical (unpaired) electrons. The number of nitrogens with zero attached hydrogens (tertiary/aromatic N) is 3. The molecule has 3 heterocycles. The van der Waals surface area contributed by atoms with Crippen molar-refractivity contribution in [2.24, 2.45) is 0 Å². The molecular weight excluding hydrogens is 268 g/mol. The quantitative estimate of drug-likeness (QED) is 0.870. The molecule has 6 heteroatoms. The molecule has 3 rings (SSSR count). The van der Waals surface area contributed by atoms with Crippen LogP contribution in [0.25, 0.3) is 5.65 Å². The summed E-state index contributed by atoms with van der Waals surface area (Å²) in [6.07, 6.45) is 4.03. The summed E-state index contributed by atoms with van der Waals surface area (Å²) in [5.74, 6) is 0.0509. The van der Waals surface area contributed by atoms with Crippen LogP contribution in [-0.2, 0) is 4.74 Å². The van der Waals surface area contributed by atoms with E-state index in [-0.39, 0.29) is 5.97 Å². The van der Waals surface area contributed by atoms with E-state index in [2.05, 4.69) is 15.4 Å². The molecule has 0 bridgehead atoms. The topological polar surface area (TPSA) is 68.5 Å². The molecule has 2 aromatic heterocycles. The first-order valence-corrected chi connectivity index (χ1v) is 7.44. The number of piperidine rings is 1. The van der Waals surface area contributed by atoms with Crippen molar-refractivity contribution in [3.05, 3.63) is 29.2 Å². The lowest BCUT2D eigenvalue weighted by atomic mass is 9.96. The van der Waals surface area contributed by atoms with E-state index in [0.717, 1.165) is 31.6 Å². The highest BCUT2D eigenvalue weighted by Crippen LogP contribution is 2.25. The van der Waals surface area contributed by atoms with E-state index in [1.807, 2.05) is 13.0 Å². The third-order valence-corrected chi connectivity index (χ3v) is 3.92. The van der Waals surface area contributed by atoms with Crippen molar-refractivity contribution in [3.63, 3.8) is 0 Å². The minimum absolute atomic E-state index is 0.349. The molecule has 21 heavy (non-hydrogen) atoms. The number of aryl methyl sites for hydroxylation is 1. The van der Waals surface area contributed by atoms with E-state index in [1.54, 1.807) is 17.6 Å². The monoisotopic (exact) mass is 288 g/mol. The summed E-state index contributed by atoms with van der Waals surface area (Å²) in [7, 11) is 0. The minimum Gasteiger partial charge on any atom is -0.462 e. The third-order valence-electron chi connectivity index (χ3n) is 3.92. The van der Waals surface area contributed by atoms with Gasteiger partial charge in [0.2, 0.25) is 0 Å². The van der Waals surface area contributed by atoms with Gasteiger partial charge in [-0.1, -0.05) is 0 Å². The lowest BCUT2D eigenvalue weighted by Crippen LogP contribution is -2.29. The molecule has 6 nitrogen and oxygen atoms in total. The van der Waals surface area contributed by atoms with Crippen LogP contribution >= 0.6 is 0 Å². The van der Waals surface area contributed by atoms with E-state index in [9.17, 15) is 4.79 Å². The molecule has 1 saturated heterocycles. The van der Waals surface area contributed by atoms with Crippen LogP contribution in [0.2, 0.25) is 0 Å². The second-order valence-electron chi connectivity index (χ2n) is 5.33. The number of fused-ring (bicyclic) bond motifs is 1. The normalized spacial score (nSPS) is 18.9. The van der Waals surface area contributed by atoms with Gasteiger partial charge in [0.05, 0.1) is 18.0 Å². The van der Waals surface area contributed by atoms with Gasteiger partial charge in [-0.15, -0.1) is 0 Å². The standard InChI is InChI=1S/C15H20N4O2/c1-3-21-15(20)13-10(2)18-19-12(6-8-17-14(13)19)11-5-4-7-16-9-11/h6,8,11,16H,3-5,7,9H2,1-2H3. The number of nitrogens with one attached hydrogen (secondary N) is 1. The largest absolute Gasteiger partial charge is 0.462 e. The van der Waals surface area contributed by atoms with Gasteiger partial charge in [0.1, 0.15) is 5.56 Å². The summed E-state index contributed by atoms with van der Waals surface area (Å²) in [4.78, 5) is 16.4. The van der Waals surface area contributed by atoms with E-state index in [0.29, 0.717) is 29.4 Å². The number of carbonyl (C=O) groups excluding carboxylic acids is 1. The Morgan fingerprint density at radius 1 is 1.57 bits per heavy atom. The number of rotatable bonds is 3. The van der Waals surface area contributed by atoms with Crippen LogP contribution < -0.4 is 5.32 Å². The smallest absolute Gasteiger partial charge is 0.343 e. The second kappa shape index (κ2) is 5.81. The molecule has 1 N–H and O–H groups in total. The van der Waals surface area contributed by atoms with E-state index in [1.165, 1.54) is 0 Å². The van der Waals surface area contributed by atoms with Crippen molar-refractivity contribution in [3.8, 4) is 0 Å². The Bertz CT molecular complexity index is 659. The Balaban J connectivity index is 2.08. The molecule has 0 saturated carbocycles. The Labute approximate surface area is 123 Å². The van der Waals surface area contributed by atoms with Crippen LogP contribution in [0, 0.1) is 6.92 Å². The number of aromatic nitrogens is 3. The molecule has 1 atom stereocenters. The van der Waals surface area contributed by atoms with Gasteiger partial charge in [-0.25, -0.2) is 14.3 Å². The van der Waals surface area contributed by atoms with Gasteiger partial charge in [-0.05, 0) is 39.3 Å². The highest BCUT2D eigenvalue weighted by Gasteiger charge is 2.24. The summed E-state index contributed by atoms with van der Waals surface area (Å²) < 4.78 is 6.92. The lowest BCUT2D eigenvalue weighted by molar-refractivity contribution is 0.0527. The van der Waals surface area contributed by atoms with E-state index < -0.39 is 0 Å². The Morgan fingerprint density at radius 2 is 2.43 bits per heavy atom. The van der Waals surface area contributed by atoms with E-state index in [4.69, 9.17) is 4.74 Å². The van der Waals surface area contributed by atoms with Crippen LogP contribution in [-0.4, -0.2) is 40.3 Å². The maximum atomic E-state index is 12.1. The molecule has 1 unspecified atom stereocenters. The first-order valence-electron chi connectivity index (χ1n) is 7.44. The second-order valence-corrected chi connectivity index (χ2v) is 5.33.